The molecule has 0 amide bonds. The monoisotopic (exact) mass is 249 g/mol. The van der Waals surface area contributed by atoms with Gasteiger partial charge in [0.25, 0.3) is 0 Å². The van der Waals surface area contributed by atoms with Crippen LogP contribution < -0.4 is 15.2 Å². The first kappa shape index (κ1) is 11.6. The first-order chi connectivity index (χ1) is 8.19. The molecule has 0 radical (unpaired) electrons. The molecule has 88 valence electrons. The molecular formula is C13H12ClNO2. The lowest BCUT2D eigenvalue weighted by Crippen LogP contribution is -1.92. The summed E-state index contributed by atoms with van der Waals surface area (Å²) in [4.78, 5) is 0. The second-order valence-corrected chi connectivity index (χ2v) is 3.90. The van der Waals surface area contributed by atoms with E-state index in [1.165, 1.54) is 0 Å². The quantitative estimate of drug-likeness (QED) is 0.843. The average Bonchev–Trinajstić information content (AvgIpc) is 2.35. The Labute approximate surface area is 105 Å². The van der Waals surface area contributed by atoms with Crippen LogP contribution in [0.1, 0.15) is 0 Å². The Balaban J connectivity index is 2.22. The fraction of sp³-hybridized carbons (Fsp3) is 0.0769. The van der Waals surface area contributed by atoms with Crippen molar-refractivity contribution in [3.05, 3.63) is 47.5 Å². The molecule has 0 unspecified atom stereocenters. The molecule has 0 aliphatic rings. The van der Waals surface area contributed by atoms with E-state index >= 15 is 0 Å². The maximum atomic E-state index is 5.88. The van der Waals surface area contributed by atoms with Gasteiger partial charge in [-0.25, -0.2) is 0 Å². The molecule has 0 aliphatic carbocycles. The van der Waals surface area contributed by atoms with Crippen molar-refractivity contribution in [1.29, 1.82) is 0 Å². The summed E-state index contributed by atoms with van der Waals surface area (Å²) < 4.78 is 10.7. The highest BCUT2D eigenvalue weighted by Gasteiger charge is 2.03. The van der Waals surface area contributed by atoms with Crippen LogP contribution in [0.5, 0.6) is 17.2 Å². The standard InChI is InChI=1S/C13H12ClNO2/c1-16-10-3-5-11(6-4-10)17-13-8-9(14)2-7-12(13)15/h2-8H,15H2,1H3. The van der Waals surface area contributed by atoms with E-state index in [0.717, 1.165) is 5.75 Å². The molecule has 0 saturated carbocycles. The summed E-state index contributed by atoms with van der Waals surface area (Å²) in [7, 11) is 1.62. The summed E-state index contributed by atoms with van der Waals surface area (Å²) in [5, 5.41) is 0.586. The predicted octanol–water partition coefficient (Wildman–Crippen LogP) is 3.72. The van der Waals surface area contributed by atoms with Crippen molar-refractivity contribution in [2.75, 3.05) is 12.8 Å². The average molecular weight is 250 g/mol. The highest BCUT2D eigenvalue weighted by atomic mass is 35.5. The molecule has 2 rings (SSSR count). The lowest BCUT2D eigenvalue weighted by atomic mass is 10.3. The number of rotatable bonds is 3. The number of nitrogens with two attached hydrogens (primary N) is 1. The van der Waals surface area contributed by atoms with Gasteiger partial charge in [-0.15, -0.1) is 0 Å². The fourth-order valence-corrected chi connectivity index (χ4v) is 1.53. The van der Waals surface area contributed by atoms with Gasteiger partial charge in [0, 0.05) is 11.1 Å². The topological polar surface area (TPSA) is 44.5 Å². The van der Waals surface area contributed by atoms with E-state index in [9.17, 15) is 0 Å². The molecule has 0 heterocycles. The minimum Gasteiger partial charge on any atom is -0.497 e. The fourth-order valence-electron chi connectivity index (χ4n) is 1.37. The van der Waals surface area contributed by atoms with Gasteiger partial charge in [-0.2, -0.15) is 0 Å². The molecule has 4 heteroatoms. The van der Waals surface area contributed by atoms with Gasteiger partial charge in [0.05, 0.1) is 12.8 Å². The van der Waals surface area contributed by atoms with Crippen molar-refractivity contribution in [1.82, 2.24) is 0 Å². The first-order valence-electron chi connectivity index (χ1n) is 5.06. The van der Waals surface area contributed by atoms with Gasteiger partial charge in [0.15, 0.2) is 5.75 Å². The number of benzene rings is 2. The third kappa shape index (κ3) is 2.82. The Morgan fingerprint density at radius 1 is 1.00 bits per heavy atom. The SMILES string of the molecule is COc1ccc(Oc2cc(Cl)ccc2N)cc1. The number of hydrogen-bond acceptors (Lipinski definition) is 3. The molecule has 2 aromatic rings. The Bertz CT molecular complexity index is 511. The summed E-state index contributed by atoms with van der Waals surface area (Å²) in [5.41, 5.74) is 6.33. The number of nitrogen functional groups attached to an aromatic ring is 1. The van der Waals surface area contributed by atoms with E-state index in [1.807, 2.05) is 12.1 Å². The Kier molecular flexibility index (Phi) is 3.40. The summed E-state index contributed by atoms with van der Waals surface area (Å²) in [6, 6.07) is 12.4. The molecule has 2 aromatic carbocycles. The van der Waals surface area contributed by atoms with Gasteiger partial charge < -0.3 is 15.2 Å². The lowest BCUT2D eigenvalue weighted by Gasteiger charge is -2.09. The Hall–Kier alpha value is -1.87. The summed E-state index contributed by atoms with van der Waals surface area (Å²) in [6.07, 6.45) is 0. The zero-order chi connectivity index (χ0) is 12.3. The van der Waals surface area contributed by atoms with Crippen LogP contribution in [0.15, 0.2) is 42.5 Å². The van der Waals surface area contributed by atoms with Crippen LogP contribution in [0.3, 0.4) is 0 Å². The molecule has 0 aliphatic heterocycles. The van der Waals surface area contributed by atoms with Gasteiger partial charge in [0.2, 0.25) is 0 Å². The second-order valence-electron chi connectivity index (χ2n) is 3.46. The predicted molar refractivity (Wildman–Crippen MR) is 68.9 cm³/mol. The second kappa shape index (κ2) is 4.97. The van der Waals surface area contributed by atoms with Crippen molar-refractivity contribution in [2.24, 2.45) is 0 Å². The molecule has 3 nitrogen and oxygen atoms in total. The van der Waals surface area contributed by atoms with Crippen LogP contribution in [0.2, 0.25) is 5.02 Å². The van der Waals surface area contributed by atoms with E-state index in [4.69, 9.17) is 26.8 Å². The number of hydrogen-bond donors (Lipinski definition) is 1. The van der Waals surface area contributed by atoms with Crippen LogP contribution in [0.25, 0.3) is 0 Å². The van der Waals surface area contributed by atoms with Crippen molar-refractivity contribution >= 4 is 17.3 Å². The number of anilines is 1. The minimum absolute atomic E-state index is 0.544. The summed E-state index contributed by atoms with van der Waals surface area (Å²) in [6.45, 7) is 0. The molecule has 17 heavy (non-hydrogen) atoms. The molecule has 0 fully saturated rings. The normalized spacial score (nSPS) is 10.0. The molecular weight excluding hydrogens is 238 g/mol. The third-order valence-corrected chi connectivity index (χ3v) is 2.50. The van der Waals surface area contributed by atoms with Gasteiger partial charge >= 0.3 is 0 Å². The Morgan fingerprint density at radius 3 is 2.29 bits per heavy atom. The maximum Gasteiger partial charge on any atom is 0.151 e. The minimum atomic E-state index is 0.544. The van der Waals surface area contributed by atoms with Gasteiger partial charge in [-0.1, -0.05) is 11.6 Å². The largest absolute Gasteiger partial charge is 0.497 e. The van der Waals surface area contributed by atoms with Gasteiger partial charge in [-0.3, -0.25) is 0 Å². The smallest absolute Gasteiger partial charge is 0.151 e. The highest BCUT2D eigenvalue weighted by Crippen LogP contribution is 2.30. The third-order valence-electron chi connectivity index (χ3n) is 2.26. The zero-order valence-corrected chi connectivity index (χ0v) is 10.1. The molecule has 0 spiro atoms. The van der Waals surface area contributed by atoms with Crippen molar-refractivity contribution in [3.8, 4) is 17.2 Å². The Morgan fingerprint density at radius 2 is 1.65 bits per heavy atom. The molecule has 0 atom stereocenters. The number of halogens is 1. The number of ether oxygens (including phenoxy) is 2. The summed E-state index contributed by atoms with van der Waals surface area (Å²) >= 11 is 5.88. The molecule has 0 aromatic heterocycles. The van der Waals surface area contributed by atoms with Crippen LogP contribution in [0, 0.1) is 0 Å². The van der Waals surface area contributed by atoms with E-state index in [1.54, 1.807) is 37.4 Å². The van der Waals surface area contributed by atoms with Crippen molar-refractivity contribution < 1.29 is 9.47 Å². The maximum absolute atomic E-state index is 5.88. The first-order valence-corrected chi connectivity index (χ1v) is 5.44. The van der Waals surface area contributed by atoms with E-state index in [-0.39, 0.29) is 0 Å². The molecule has 0 bridgehead atoms. The van der Waals surface area contributed by atoms with Gasteiger partial charge in [-0.05, 0) is 36.4 Å². The van der Waals surface area contributed by atoms with E-state index < -0.39 is 0 Å². The lowest BCUT2D eigenvalue weighted by molar-refractivity contribution is 0.413. The molecule has 2 N–H and O–H groups in total. The molecule has 0 saturated heterocycles. The van der Waals surface area contributed by atoms with Crippen LogP contribution in [-0.4, -0.2) is 7.11 Å². The van der Waals surface area contributed by atoms with Crippen molar-refractivity contribution in [2.45, 2.75) is 0 Å². The van der Waals surface area contributed by atoms with Crippen LogP contribution in [-0.2, 0) is 0 Å². The van der Waals surface area contributed by atoms with E-state index in [0.29, 0.717) is 22.2 Å². The highest BCUT2D eigenvalue weighted by molar-refractivity contribution is 6.30. The summed E-state index contributed by atoms with van der Waals surface area (Å²) in [5.74, 6) is 2.00. The van der Waals surface area contributed by atoms with E-state index in [2.05, 4.69) is 0 Å². The number of methoxy groups -OCH3 is 1. The van der Waals surface area contributed by atoms with Crippen molar-refractivity contribution in [3.63, 3.8) is 0 Å². The van der Waals surface area contributed by atoms with Crippen LogP contribution in [0.4, 0.5) is 5.69 Å². The zero-order valence-electron chi connectivity index (χ0n) is 9.31. The van der Waals surface area contributed by atoms with Crippen LogP contribution >= 0.6 is 11.6 Å². The van der Waals surface area contributed by atoms with Gasteiger partial charge in [0.1, 0.15) is 11.5 Å².